The van der Waals surface area contributed by atoms with Crippen LogP contribution < -0.4 is 17.0 Å². The predicted octanol–water partition coefficient (Wildman–Crippen LogP) is 0.623. The Morgan fingerprint density at radius 3 is 2.32 bits per heavy atom. The molecule has 0 bridgehead atoms. The quantitative estimate of drug-likeness (QED) is 0.709. The van der Waals surface area contributed by atoms with E-state index in [9.17, 15) is 14.4 Å². The molecular formula is C18H17N3O4. The molecular weight excluding hydrogens is 322 g/mol. The van der Waals surface area contributed by atoms with E-state index in [-0.39, 0.29) is 13.1 Å². The van der Waals surface area contributed by atoms with E-state index in [2.05, 4.69) is 0 Å². The first kappa shape index (κ1) is 16.7. The van der Waals surface area contributed by atoms with Crippen LogP contribution in [0.25, 0.3) is 10.9 Å². The molecule has 3 N–H and O–H groups in total. The summed E-state index contributed by atoms with van der Waals surface area (Å²) in [7, 11) is 0. The summed E-state index contributed by atoms with van der Waals surface area (Å²) in [5.74, 6) is -1.21. The highest BCUT2D eigenvalue weighted by Crippen LogP contribution is 2.09. The summed E-state index contributed by atoms with van der Waals surface area (Å²) >= 11 is 0. The van der Waals surface area contributed by atoms with Crippen LogP contribution in [0.4, 0.5) is 0 Å². The van der Waals surface area contributed by atoms with Crippen LogP contribution in [-0.4, -0.2) is 26.3 Å². The lowest BCUT2D eigenvalue weighted by Crippen LogP contribution is -2.44. The molecule has 25 heavy (non-hydrogen) atoms. The molecule has 3 aromatic rings. The average Bonchev–Trinajstić information content (AvgIpc) is 2.63. The van der Waals surface area contributed by atoms with E-state index in [1.54, 1.807) is 24.3 Å². The second kappa shape index (κ2) is 6.74. The fourth-order valence-corrected chi connectivity index (χ4v) is 2.73. The summed E-state index contributed by atoms with van der Waals surface area (Å²) in [6, 6.07) is 14.5. The Bertz CT molecular complexity index is 1040. The number of aromatic nitrogens is 2. The van der Waals surface area contributed by atoms with Crippen LogP contribution in [0.2, 0.25) is 0 Å². The second-order valence-corrected chi connectivity index (χ2v) is 5.73. The highest BCUT2D eigenvalue weighted by molar-refractivity contribution is 5.78. The molecule has 0 saturated heterocycles. The lowest BCUT2D eigenvalue weighted by atomic mass is 10.2. The van der Waals surface area contributed by atoms with Crippen molar-refractivity contribution in [1.82, 2.24) is 9.13 Å². The van der Waals surface area contributed by atoms with Gasteiger partial charge in [-0.1, -0.05) is 42.5 Å². The molecule has 7 nitrogen and oxygen atoms in total. The van der Waals surface area contributed by atoms with Gasteiger partial charge in [0.1, 0.15) is 6.04 Å². The van der Waals surface area contributed by atoms with Crippen molar-refractivity contribution in [3.05, 3.63) is 81.0 Å². The van der Waals surface area contributed by atoms with Gasteiger partial charge in [0, 0.05) is 0 Å². The molecule has 0 aliphatic heterocycles. The molecule has 2 aromatic carbocycles. The molecule has 0 spiro atoms. The minimum Gasteiger partial charge on any atom is -0.480 e. The van der Waals surface area contributed by atoms with E-state index >= 15 is 0 Å². The van der Waals surface area contributed by atoms with Gasteiger partial charge in [0.25, 0.3) is 5.56 Å². The van der Waals surface area contributed by atoms with E-state index in [1.165, 1.54) is 4.57 Å². The highest BCUT2D eigenvalue weighted by atomic mass is 16.4. The highest BCUT2D eigenvalue weighted by Gasteiger charge is 2.18. The van der Waals surface area contributed by atoms with Gasteiger partial charge in [-0.25, -0.2) is 4.79 Å². The van der Waals surface area contributed by atoms with Gasteiger partial charge in [0.05, 0.1) is 24.0 Å². The summed E-state index contributed by atoms with van der Waals surface area (Å²) in [5, 5.41) is 9.40. The summed E-state index contributed by atoms with van der Waals surface area (Å²) in [4.78, 5) is 36.7. The molecule has 1 heterocycles. The number of nitrogens with zero attached hydrogens (tertiary/aromatic N) is 2. The van der Waals surface area contributed by atoms with Gasteiger partial charge in [-0.15, -0.1) is 0 Å². The Labute approximate surface area is 142 Å². The van der Waals surface area contributed by atoms with E-state index in [4.69, 9.17) is 10.8 Å². The summed E-state index contributed by atoms with van der Waals surface area (Å²) in [6.45, 7) is -0.116. The summed E-state index contributed by atoms with van der Waals surface area (Å²) in [6.07, 6.45) is 0. The van der Waals surface area contributed by atoms with Gasteiger partial charge in [0.2, 0.25) is 0 Å². The Balaban J connectivity index is 2.22. The zero-order valence-corrected chi connectivity index (χ0v) is 13.3. The van der Waals surface area contributed by atoms with Crippen LogP contribution in [0.3, 0.4) is 0 Å². The maximum atomic E-state index is 12.8. The number of carboxylic acid groups (broad SMARTS) is 1. The topological polar surface area (TPSA) is 107 Å². The van der Waals surface area contributed by atoms with Crippen molar-refractivity contribution >= 4 is 16.9 Å². The molecule has 0 unspecified atom stereocenters. The molecule has 0 amide bonds. The van der Waals surface area contributed by atoms with Gasteiger partial charge < -0.3 is 10.8 Å². The molecule has 128 valence electrons. The Morgan fingerprint density at radius 1 is 1.00 bits per heavy atom. The lowest BCUT2D eigenvalue weighted by Gasteiger charge is -2.15. The van der Waals surface area contributed by atoms with Crippen LogP contribution in [-0.2, 0) is 17.9 Å². The number of rotatable bonds is 5. The van der Waals surface area contributed by atoms with Gasteiger partial charge in [0.15, 0.2) is 0 Å². The van der Waals surface area contributed by atoms with Crippen molar-refractivity contribution in [2.75, 3.05) is 0 Å². The second-order valence-electron chi connectivity index (χ2n) is 5.73. The number of nitrogens with two attached hydrogens (primary N) is 1. The Morgan fingerprint density at radius 2 is 1.64 bits per heavy atom. The zero-order chi connectivity index (χ0) is 18.0. The minimum absolute atomic E-state index is 0.103. The fraction of sp³-hybridized carbons (Fsp3) is 0.167. The van der Waals surface area contributed by atoms with Crippen molar-refractivity contribution in [3.8, 4) is 0 Å². The van der Waals surface area contributed by atoms with Crippen LogP contribution >= 0.6 is 0 Å². The first-order chi connectivity index (χ1) is 12.0. The van der Waals surface area contributed by atoms with E-state index in [1.807, 2.05) is 30.3 Å². The van der Waals surface area contributed by atoms with Gasteiger partial charge in [-0.05, 0) is 17.7 Å². The average molecular weight is 339 g/mol. The van der Waals surface area contributed by atoms with Gasteiger partial charge in [-0.2, -0.15) is 0 Å². The number of aliphatic carboxylic acids is 1. The molecule has 0 fully saturated rings. The minimum atomic E-state index is -1.25. The van der Waals surface area contributed by atoms with E-state index < -0.39 is 23.3 Å². The first-order valence-electron chi connectivity index (χ1n) is 7.73. The molecule has 1 aromatic heterocycles. The smallest absolute Gasteiger partial charge is 0.331 e. The van der Waals surface area contributed by atoms with Crippen LogP contribution in [0, 0.1) is 0 Å². The summed E-state index contributed by atoms with van der Waals surface area (Å²) < 4.78 is 2.35. The normalized spacial score (nSPS) is 12.2. The number of benzene rings is 2. The molecule has 1 atom stereocenters. The van der Waals surface area contributed by atoms with Crippen molar-refractivity contribution in [3.63, 3.8) is 0 Å². The van der Waals surface area contributed by atoms with Crippen LogP contribution in [0.15, 0.2) is 64.2 Å². The zero-order valence-electron chi connectivity index (χ0n) is 13.3. The van der Waals surface area contributed by atoms with Crippen molar-refractivity contribution in [2.45, 2.75) is 19.1 Å². The number of fused-ring (bicyclic) bond motifs is 1. The first-order valence-corrected chi connectivity index (χ1v) is 7.73. The number of carbonyl (C=O) groups is 1. The number of hydrogen-bond donors (Lipinski definition) is 2. The van der Waals surface area contributed by atoms with E-state index in [0.717, 1.165) is 10.1 Å². The third kappa shape index (κ3) is 3.22. The fourth-order valence-electron chi connectivity index (χ4n) is 2.73. The Hall–Kier alpha value is -3.19. The maximum absolute atomic E-state index is 12.8. The van der Waals surface area contributed by atoms with E-state index in [0.29, 0.717) is 10.9 Å². The van der Waals surface area contributed by atoms with Crippen LogP contribution in [0.5, 0.6) is 0 Å². The molecule has 0 saturated carbocycles. The SMILES string of the molecule is N[C@@H](Cn1c(=O)n(Cc2ccccc2)c(=O)c2ccccc21)C(=O)O. The molecule has 3 rings (SSSR count). The third-order valence-corrected chi connectivity index (χ3v) is 4.01. The lowest BCUT2D eigenvalue weighted by molar-refractivity contribution is -0.138. The molecule has 7 heteroatoms. The number of para-hydroxylation sites is 1. The molecule has 0 aliphatic carbocycles. The van der Waals surface area contributed by atoms with Crippen molar-refractivity contribution in [2.24, 2.45) is 5.73 Å². The number of hydrogen-bond acceptors (Lipinski definition) is 4. The summed E-state index contributed by atoms with van der Waals surface area (Å²) in [5.41, 5.74) is 5.78. The maximum Gasteiger partial charge on any atom is 0.331 e. The third-order valence-electron chi connectivity index (χ3n) is 4.01. The number of carboxylic acids is 1. The van der Waals surface area contributed by atoms with Crippen molar-refractivity contribution < 1.29 is 9.90 Å². The predicted molar refractivity (Wildman–Crippen MR) is 93.6 cm³/mol. The van der Waals surface area contributed by atoms with Crippen molar-refractivity contribution in [1.29, 1.82) is 0 Å². The monoisotopic (exact) mass is 339 g/mol. The standard InChI is InChI=1S/C18H17N3O4/c19-14(17(23)24)11-20-15-9-5-4-8-13(15)16(22)21(18(20)25)10-12-6-2-1-3-7-12/h1-9,14H,10-11,19H2,(H,23,24)/t14-/m0/s1. The molecule has 0 aliphatic rings. The van der Waals surface area contributed by atoms with Crippen LogP contribution in [0.1, 0.15) is 5.56 Å². The Kier molecular flexibility index (Phi) is 4.49. The van der Waals surface area contributed by atoms with Gasteiger partial charge in [-0.3, -0.25) is 18.7 Å². The molecule has 0 radical (unpaired) electrons. The largest absolute Gasteiger partial charge is 0.480 e. The van der Waals surface area contributed by atoms with Gasteiger partial charge >= 0.3 is 11.7 Å².